The van der Waals surface area contributed by atoms with E-state index >= 15 is 0 Å². The lowest BCUT2D eigenvalue weighted by molar-refractivity contribution is 0.181. The monoisotopic (exact) mass is 325 g/mol. The van der Waals surface area contributed by atoms with Gasteiger partial charge in [-0.1, -0.05) is 12.1 Å². The Bertz CT molecular complexity index is 619. The average Bonchev–Trinajstić information content (AvgIpc) is 2.38. The van der Waals surface area contributed by atoms with Gasteiger partial charge in [0.15, 0.2) is 5.82 Å². The number of anilines is 1. The molecule has 0 radical (unpaired) electrons. The summed E-state index contributed by atoms with van der Waals surface area (Å²) < 4.78 is 19.2. The number of ether oxygens (including phenoxy) is 1. The van der Waals surface area contributed by atoms with Crippen LogP contribution < -0.4 is 5.73 Å². The number of aryl methyl sites for hydroxylation is 1. The van der Waals surface area contributed by atoms with Crippen LogP contribution in [0.1, 0.15) is 11.3 Å². The molecule has 2 aromatic rings. The van der Waals surface area contributed by atoms with E-state index in [1.807, 2.05) is 0 Å². The summed E-state index contributed by atoms with van der Waals surface area (Å²) in [6.07, 6.45) is 0. The Morgan fingerprint density at radius 1 is 1.37 bits per heavy atom. The van der Waals surface area contributed by atoms with Crippen molar-refractivity contribution in [3.8, 4) is 11.4 Å². The van der Waals surface area contributed by atoms with E-state index in [1.54, 1.807) is 26.2 Å². The normalized spacial score (nSPS) is 10.7. The minimum Gasteiger partial charge on any atom is -0.383 e. The molecule has 6 heteroatoms. The number of rotatable bonds is 3. The maximum Gasteiger partial charge on any atom is 0.162 e. The topological polar surface area (TPSA) is 61.0 Å². The quantitative estimate of drug-likeness (QED) is 0.942. The average molecular weight is 326 g/mol. The summed E-state index contributed by atoms with van der Waals surface area (Å²) in [5.41, 5.74) is 7.60. The number of nitrogens with two attached hydrogens (primary N) is 1. The van der Waals surface area contributed by atoms with Gasteiger partial charge >= 0.3 is 0 Å². The highest BCUT2D eigenvalue weighted by Gasteiger charge is 2.12. The molecule has 2 N–H and O–H groups in total. The summed E-state index contributed by atoms with van der Waals surface area (Å²) in [7, 11) is 1.57. The molecular weight excluding hydrogens is 313 g/mol. The molecule has 2 rings (SSSR count). The van der Waals surface area contributed by atoms with Crippen LogP contribution in [0.5, 0.6) is 0 Å². The van der Waals surface area contributed by atoms with E-state index in [2.05, 4.69) is 25.9 Å². The Kier molecular flexibility index (Phi) is 4.11. The first-order valence-corrected chi connectivity index (χ1v) is 6.39. The molecule has 1 aromatic carbocycles. The Morgan fingerprint density at radius 2 is 2.11 bits per heavy atom. The fraction of sp³-hybridized carbons (Fsp3) is 0.231. The van der Waals surface area contributed by atoms with E-state index in [-0.39, 0.29) is 5.82 Å². The third kappa shape index (κ3) is 2.90. The molecule has 0 bridgehead atoms. The number of hydrogen-bond acceptors (Lipinski definition) is 4. The highest BCUT2D eigenvalue weighted by molar-refractivity contribution is 9.10. The molecule has 0 saturated heterocycles. The van der Waals surface area contributed by atoms with E-state index in [4.69, 9.17) is 10.5 Å². The fourth-order valence-corrected chi connectivity index (χ4v) is 1.90. The minimum absolute atomic E-state index is 0.295. The van der Waals surface area contributed by atoms with Crippen LogP contribution in [-0.4, -0.2) is 17.1 Å². The van der Waals surface area contributed by atoms with Crippen molar-refractivity contribution in [2.45, 2.75) is 13.5 Å². The van der Waals surface area contributed by atoms with Crippen molar-refractivity contribution >= 4 is 21.7 Å². The zero-order valence-corrected chi connectivity index (χ0v) is 12.2. The molecule has 0 aliphatic carbocycles. The van der Waals surface area contributed by atoms with Crippen molar-refractivity contribution in [2.75, 3.05) is 12.8 Å². The largest absolute Gasteiger partial charge is 0.383 e. The van der Waals surface area contributed by atoms with Crippen LogP contribution in [0.4, 0.5) is 10.2 Å². The molecule has 0 atom stereocenters. The Morgan fingerprint density at radius 3 is 2.74 bits per heavy atom. The summed E-state index contributed by atoms with van der Waals surface area (Å²) in [4.78, 5) is 8.49. The Labute approximate surface area is 119 Å². The molecule has 1 heterocycles. The zero-order chi connectivity index (χ0) is 14.0. The molecule has 0 fully saturated rings. The van der Waals surface area contributed by atoms with Crippen LogP contribution in [0.2, 0.25) is 0 Å². The van der Waals surface area contributed by atoms with Gasteiger partial charge in [0, 0.05) is 12.7 Å². The van der Waals surface area contributed by atoms with Gasteiger partial charge in [-0.05, 0) is 34.5 Å². The summed E-state index contributed by atoms with van der Waals surface area (Å²) in [5, 5.41) is 0. The van der Waals surface area contributed by atoms with Gasteiger partial charge in [0.25, 0.3) is 0 Å². The lowest BCUT2D eigenvalue weighted by Gasteiger charge is -2.09. The van der Waals surface area contributed by atoms with Crippen molar-refractivity contribution in [1.82, 2.24) is 9.97 Å². The molecule has 0 aliphatic heterocycles. The molecule has 100 valence electrons. The lowest BCUT2D eigenvalue weighted by atomic mass is 10.1. The lowest BCUT2D eigenvalue weighted by Crippen LogP contribution is -2.04. The molecule has 4 nitrogen and oxygen atoms in total. The number of benzene rings is 1. The highest BCUT2D eigenvalue weighted by atomic mass is 79.9. The van der Waals surface area contributed by atoms with E-state index in [0.717, 1.165) is 0 Å². The predicted molar refractivity (Wildman–Crippen MR) is 75.0 cm³/mol. The van der Waals surface area contributed by atoms with Crippen LogP contribution >= 0.6 is 15.9 Å². The first kappa shape index (κ1) is 13.9. The van der Waals surface area contributed by atoms with Crippen LogP contribution in [0.3, 0.4) is 0 Å². The second kappa shape index (κ2) is 5.63. The Balaban J connectivity index is 2.52. The zero-order valence-electron chi connectivity index (χ0n) is 10.6. The van der Waals surface area contributed by atoms with Gasteiger partial charge in [-0.2, -0.15) is 0 Å². The van der Waals surface area contributed by atoms with Crippen LogP contribution in [0.25, 0.3) is 11.4 Å². The molecule has 1 aromatic heterocycles. The van der Waals surface area contributed by atoms with Crippen molar-refractivity contribution < 1.29 is 9.13 Å². The van der Waals surface area contributed by atoms with Crippen molar-refractivity contribution in [3.05, 3.63) is 39.7 Å². The van der Waals surface area contributed by atoms with E-state index in [0.29, 0.717) is 39.5 Å². The van der Waals surface area contributed by atoms with Gasteiger partial charge in [0.1, 0.15) is 11.6 Å². The molecule has 0 unspecified atom stereocenters. The minimum atomic E-state index is -0.295. The smallest absolute Gasteiger partial charge is 0.162 e. The number of nitrogens with zero attached hydrogens (tertiary/aromatic N) is 2. The molecule has 0 amide bonds. The maximum absolute atomic E-state index is 13.6. The van der Waals surface area contributed by atoms with Gasteiger partial charge in [0.2, 0.25) is 0 Å². The van der Waals surface area contributed by atoms with E-state index < -0.39 is 0 Å². The third-order valence-corrected chi connectivity index (χ3v) is 3.52. The van der Waals surface area contributed by atoms with Gasteiger partial charge in [-0.3, -0.25) is 0 Å². The standard InChI is InChI=1S/C13H13BrFN3O/c1-7-3-4-8(5-9(7)15)13-17-10(6-19-2)11(14)12(16)18-13/h3-5H,6H2,1-2H3,(H2,16,17,18). The highest BCUT2D eigenvalue weighted by Crippen LogP contribution is 2.26. The maximum atomic E-state index is 13.6. The Hall–Kier alpha value is -1.53. The number of methoxy groups -OCH3 is 1. The van der Waals surface area contributed by atoms with Crippen molar-refractivity contribution in [3.63, 3.8) is 0 Å². The number of nitrogen functional groups attached to an aromatic ring is 1. The molecule has 0 aliphatic rings. The van der Waals surface area contributed by atoms with Crippen LogP contribution in [0.15, 0.2) is 22.7 Å². The fourth-order valence-electron chi connectivity index (χ4n) is 1.61. The summed E-state index contributed by atoms with van der Waals surface area (Å²) in [6.45, 7) is 2.00. The molecule has 0 spiro atoms. The molecule has 0 saturated carbocycles. The molecule has 19 heavy (non-hydrogen) atoms. The number of hydrogen-bond donors (Lipinski definition) is 1. The van der Waals surface area contributed by atoms with Gasteiger partial charge in [0.05, 0.1) is 16.8 Å². The van der Waals surface area contributed by atoms with Gasteiger partial charge < -0.3 is 10.5 Å². The number of aromatic nitrogens is 2. The number of halogens is 2. The van der Waals surface area contributed by atoms with Crippen molar-refractivity contribution in [1.29, 1.82) is 0 Å². The second-order valence-corrected chi connectivity index (χ2v) is 4.88. The first-order chi connectivity index (χ1) is 9.02. The second-order valence-electron chi connectivity index (χ2n) is 4.09. The summed E-state index contributed by atoms with van der Waals surface area (Å²) in [5.74, 6) is 0.389. The van der Waals surface area contributed by atoms with E-state index in [1.165, 1.54) is 6.07 Å². The summed E-state index contributed by atoms with van der Waals surface area (Å²) >= 11 is 3.31. The van der Waals surface area contributed by atoms with Crippen LogP contribution in [-0.2, 0) is 11.3 Å². The van der Waals surface area contributed by atoms with Gasteiger partial charge in [-0.25, -0.2) is 14.4 Å². The van der Waals surface area contributed by atoms with Gasteiger partial charge in [-0.15, -0.1) is 0 Å². The predicted octanol–water partition coefficient (Wildman–Crippen LogP) is 3.08. The van der Waals surface area contributed by atoms with E-state index in [9.17, 15) is 4.39 Å². The third-order valence-electron chi connectivity index (χ3n) is 2.66. The first-order valence-electron chi connectivity index (χ1n) is 5.60. The molecular formula is C13H13BrFN3O. The summed E-state index contributed by atoms with van der Waals surface area (Å²) in [6, 6.07) is 4.84. The SMILES string of the molecule is COCc1nc(-c2ccc(C)c(F)c2)nc(N)c1Br. The van der Waals surface area contributed by atoms with Crippen LogP contribution in [0, 0.1) is 12.7 Å². The van der Waals surface area contributed by atoms with Crippen molar-refractivity contribution in [2.24, 2.45) is 0 Å².